The molecule has 0 N–H and O–H groups in total. The minimum absolute atomic E-state index is 0.0581. The molecule has 0 saturated heterocycles. The first-order valence-electron chi connectivity index (χ1n) is 4.69. The Kier molecular flexibility index (Phi) is 5.34. The summed E-state index contributed by atoms with van der Waals surface area (Å²) in [4.78, 5) is -0.0679. The second-order valence-corrected chi connectivity index (χ2v) is 7.51. The second kappa shape index (κ2) is 5.48. The molecule has 0 spiro atoms. The van der Waals surface area contributed by atoms with Crippen molar-refractivity contribution in [2.45, 2.75) is 34.8 Å². The summed E-state index contributed by atoms with van der Waals surface area (Å²) in [5.74, 6) is 0. The fourth-order valence-corrected chi connectivity index (χ4v) is 4.88. The fraction of sp³-hybridized carbons (Fsp3) is 0.800. The van der Waals surface area contributed by atoms with Crippen molar-refractivity contribution < 1.29 is 0 Å². The first-order chi connectivity index (χ1) is 6.88. The van der Waals surface area contributed by atoms with Crippen LogP contribution in [0.4, 0.5) is 0 Å². The summed E-state index contributed by atoms with van der Waals surface area (Å²) in [6, 6.07) is 0. The van der Waals surface area contributed by atoms with Gasteiger partial charge in [0.15, 0.2) is 0 Å². The zero-order chi connectivity index (χ0) is 11.7. The van der Waals surface area contributed by atoms with Crippen LogP contribution in [0.25, 0.3) is 0 Å². The summed E-state index contributed by atoms with van der Waals surface area (Å²) in [6.07, 6.45) is 3.60. The van der Waals surface area contributed by atoms with Gasteiger partial charge in [-0.25, -0.2) is 0 Å². The Balaban J connectivity index is 2.94. The molecule has 0 bridgehead atoms. The average Bonchev–Trinajstić information content (AvgIpc) is 2.15. The van der Waals surface area contributed by atoms with Gasteiger partial charge in [-0.3, -0.25) is 0 Å². The predicted octanol–water partition coefficient (Wildman–Crippen LogP) is 5.28. The highest BCUT2D eigenvalue weighted by atomic mass is 79.9. The maximum absolute atomic E-state index is 6.57. The highest BCUT2D eigenvalue weighted by molar-refractivity contribution is 9.10. The minimum Gasteiger partial charge on any atom is -0.122 e. The normalized spacial score (nSPS) is 47.3. The van der Waals surface area contributed by atoms with E-state index in [9.17, 15) is 0 Å². The standard InChI is InChI=1S/C10H13Br2Cl3/c1-9(2-3-13)5-10(15,6-11)7(12)4-8(9)14/h2-3,7-8H,4-6H2,1H3/b3-2+/t7-,8+,9-,10-/m0/s1. The smallest absolute Gasteiger partial charge is 0.0676 e. The molecule has 0 aromatic heterocycles. The minimum atomic E-state index is -0.295. The summed E-state index contributed by atoms with van der Waals surface area (Å²) >= 11 is 25.7. The highest BCUT2D eigenvalue weighted by Gasteiger charge is 2.49. The summed E-state index contributed by atoms with van der Waals surface area (Å²) in [5, 5.41) is 0.801. The van der Waals surface area contributed by atoms with Gasteiger partial charge in [-0.05, 0) is 12.8 Å². The van der Waals surface area contributed by atoms with E-state index in [2.05, 4.69) is 38.8 Å². The molecule has 1 rings (SSSR count). The third-order valence-corrected chi connectivity index (χ3v) is 7.20. The Morgan fingerprint density at radius 1 is 1.53 bits per heavy atom. The van der Waals surface area contributed by atoms with Gasteiger partial charge in [0.25, 0.3) is 0 Å². The maximum Gasteiger partial charge on any atom is 0.0676 e. The molecule has 15 heavy (non-hydrogen) atoms. The van der Waals surface area contributed by atoms with Crippen molar-refractivity contribution >= 4 is 66.7 Å². The van der Waals surface area contributed by atoms with Gasteiger partial charge in [0.05, 0.1) is 4.87 Å². The molecule has 1 aliphatic rings. The van der Waals surface area contributed by atoms with Crippen LogP contribution in [0.15, 0.2) is 11.6 Å². The highest BCUT2D eigenvalue weighted by Crippen LogP contribution is 2.51. The van der Waals surface area contributed by atoms with Gasteiger partial charge >= 0.3 is 0 Å². The van der Waals surface area contributed by atoms with Crippen LogP contribution in [0.3, 0.4) is 0 Å². The van der Waals surface area contributed by atoms with Gasteiger partial charge < -0.3 is 0 Å². The number of halogens is 5. The monoisotopic (exact) mass is 396 g/mol. The first kappa shape index (κ1) is 14.6. The van der Waals surface area contributed by atoms with Crippen LogP contribution in [-0.4, -0.2) is 20.4 Å². The molecule has 0 aromatic rings. The van der Waals surface area contributed by atoms with Crippen LogP contribution < -0.4 is 0 Å². The SMILES string of the molecule is C[C@]1(/C=C/Cl)C[C@](Cl)(CBr)[C@@H](Br)C[C@H]1Cl. The molecular formula is C10H13Br2Cl3. The molecule has 1 saturated carbocycles. The van der Waals surface area contributed by atoms with E-state index in [-0.39, 0.29) is 20.5 Å². The zero-order valence-electron chi connectivity index (χ0n) is 8.32. The number of hydrogen-bond donors (Lipinski definition) is 0. The number of hydrogen-bond acceptors (Lipinski definition) is 0. The summed E-state index contributed by atoms with van der Waals surface area (Å²) in [6.45, 7) is 2.10. The lowest BCUT2D eigenvalue weighted by Gasteiger charge is -2.46. The quantitative estimate of drug-likeness (QED) is 0.554. The lowest BCUT2D eigenvalue weighted by molar-refractivity contribution is 0.261. The van der Waals surface area contributed by atoms with E-state index < -0.39 is 0 Å². The van der Waals surface area contributed by atoms with E-state index in [0.29, 0.717) is 0 Å². The molecule has 5 heteroatoms. The number of rotatable bonds is 2. The summed E-state index contributed by atoms with van der Waals surface area (Å²) in [7, 11) is 0. The summed E-state index contributed by atoms with van der Waals surface area (Å²) in [5.41, 5.74) is 1.40. The Hall–Kier alpha value is 1.57. The Morgan fingerprint density at radius 3 is 2.60 bits per heavy atom. The summed E-state index contributed by atoms with van der Waals surface area (Å²) < 4.78 is 0. The van der Waals surface area contributed by atoms with Crippen molar-refractivity contribution in [1.82, 2.24) is 0 Å². The van der Waals surface area contributed by atoms with Gasteiger partial charge in [-0.2, -0.15) is 0 Å². The van der Waals surface area contributed by atoms with Crippen molar-refractivity contribution in [3.8, 4) is 0 Å². The molecule has 1 fully saturated rings. The Labute approximate surface area is 123 Å². The van der Waals surface area contributed by atoms with Crippen molar-refractivity contribution in [1.29, 1.82) is 0 Å². The topological polar surface area (TPSA) is 0 Å². The Bertz CT molecular complexity index is 259. The van der Waals surface area contributed by atoms with Crippen molar-refractivity contribution in [2.24, 2.45) is 5.41 Å². The number of allylic oxidation sites excluding steroid dienone is 1. The number of alkyl halides is 4. The Morgan fingerprint density at radius 2 is 2.13 bits per heavy atom. The van der Waals surface area contributed by atoms with E-state index in [1.165, 1.54) is 5.54 Å². The molecule has 1 aliphatic carbocycles. The van der Waals surface area contributed by atoms with Crippen LogP contribution in [-0.2, 0) is 0 Å². The lowest BCUT2D eigenvalue weighted by atomic mass is 9.70. The van der Waals surface area contributed by atoms with Crippen LogP contribution >= 0.6 is 66.7 Å². The van der Waals surface area contributed by atoms with Gasteiger partial charge in [0.2, 0.25) is 0 Å². The van der Waals surface area contributed by atoms with Gasteiger partial charge in [0.1, 0.15) is 0 Å². The molecule has 0 amide bonds. The van der Waals surface area contributed by atoms with E-state index >= 15 is 0 Å². The van der Waals surface area contributed by atoms with Crippen molar-refractivity contribution in [2.75, 3.05) is 5.33 Å². The second-order valence-electron chi connectivity index (χ2n) is 4.31. The maximum atomic E-state index is 6.57. The third-order valence-electron chi connectivity index (χ3n) is 3.03. The van der Waals surface area contributed by atoms with Crippen LogP contribution in [0.5, 0.6) is 0 Å². The van der Waals surface area contributed by atoms with Crippen molar-refractivity contribution in [3.05, 3.63) is 11.6 Å². The third kappa shape index (κ3) is 3.07. The molecule has 4 atom stereocenters. The first-order valence-corrected chi connectivity index (χ1v) is 7.98. The molecule has 0 nitrogen and oxygen atoms in total. The average molecular weight is 399 g/mol. The molecule has 88 valence electrons. The molecule has 0 radical (unpaired) electrons. The van der Waals surface area contributed by atoms with E-state index in [4.69, 9.17) is 34.8 Å². The van der Waals surface area contributed by atoms with E-state index in [0.717, 1.165) is 18.2 Å². The van der Waals surface area contributed by atoms with Gasteiger partial charge in [-0.15, -0.1) is 23.2 Å². The van der Waals surface area contributed by atoms with E-state index in [1.54, 1.807) is 0 Å². The van der Waals surface area contributed by atoms with Crippen molar-refractivity contribution in [3.63, 3.8) is 0 Å². The zero-order valence-corrected chi connectivity index (χ0v) is 13.8. The van der Waals surface area contributed by atoms with Crippen LogP contribution in [0, 0.1) is 5.41 Å². The largest absolute Gasteiger partial charge is 0.122 e. The van der Waals surface area contributed by atoms with E-state index in [1.807, 2.05) is 6.08 Å². The molecular weight excluding hydrogens is 386 g/mol. The van der Waals surface area contributed by atoms with Gasteiger partial charge in [-0.1, -0.05) is 56.5 Å². The van der Waals surface area contributed by atoms with Crippen LogP contribution in [0.2, 0.25) is 0 Å². The molecule has 0 aliphatic heterocycles. The molecule has 0 heterocycles. The fourth-order valence-electron chi connectivity index (χ4n) is 1.96. The molecule has 0 aromatic carbocycles. The van der Waals surface area contributed by atoms with Crippen LogP contribution in [0.1, 0.15) is 19.8 Å². The molecule has 0 unspecified atom stereocenters. The van der Waals surface area contributed by atoms with Gasteiger partial charge in [0, 0.05) is 26.5 Å². The lowest BCUT2D eigenvalue weighted by Crippen LogP contribution is -2.49. The predicted molar refractivity (Wildman–Crippen MR) is 77.1 cm³/mol.